The molecule has 0 saturated carbocycles. The van der Waals surface area contributed by atoms with Crippen LogP contribution in [0.5, 0.6) is 0 Å². The first-order valence-electron chi connectivity index (χ1n) is 19.4. The second-order valence-electron chi connectivity index (χ2n) is 13.9. The number of carboxylic acid groups (broad SMARTS) is 1. The van der Waals surface area contributed by atoms with E-state index in [2.05, 4.69) is 19.9 Å². The highest BCUT2D eigenvalue weighted by molar-refractivity contribution is 5.70. The molecule has 8 heteroatoms. The lowest BCUT2D eigenvalue weighted by Gasteiger charge is -2.34. The van der Waals surface area contributed by atoms with Crippen molar-refractivity contribution < 1.29 is 38.2 Å². The third-order valence-electron chi connectivity index (χ3n) is 8.30. The van der Waals surface area contributed by atoms with Crippen molar-refractivity contribution >= 4 is 17.9 Å². The number of quaternary nitrogens is 1. The summed E-state index contributed by atoms with van der Waals surface area (Å²) in [5.41, 5.74) is 0. The van der Waals surface area contributed by atoms with Crippen LogP contribution in [0.2, 0.25) is 0 Å². The van der Waals surface area contributed by atoms with Crippen LogP contribution in [0, 0.1) is 0 Å². The van der Waals surface area contributed by atoms with Gasteiger partial charge in [0.05, 0.1) is 40.3 Å². The summed E-state index contributed by atoms with van der Waals surface area (Å²) in [5, 5.41) is 11.6. The van der Waals surface area contributed by atoms with Crippen LogP contribution in [0.1, 0.15) is 136 Å². The maximum absolute atomic E-state index is 12.6. The van der Waals surface area contributed by atoms with E-state index in [-0.39, 0.29) is 49.1 Å². The first kappa shape index (κ1) is 47.0. The van der Waals surface area contributed by atoms with Gasteiger partial charge in [-0.05, 0) is 25.7 Å². The van der Waals surface area contributed by atoms with Gasteiger partial charge in [0.25, 0.3) is 0 Å². The van der Waals surface area contributed by atoms with E-state index in [4.69, 9.17) is 14.2 Å². The van der Waals surface area contributed by atoms with Crippen molar-refractivity contribution in [3.05, 3.63) is 60.8 Å². The molecule has 50 heavy (non-hydrogen) atoms. The lowest BCUT2D eigenvalue weighted by atomic mass is 10.0. The number of rotatable bonds is 33. The standard InChI is InChI=1S/C42H71NO7/c1-6-8-10-12-14-16-18-20-22-24-26-28-30-32-40(44)49-37-38(36-48-35-34-39(42(46)47)43(3,4)5)50-41(45)33-31-29-27-25-23-21-19-17-15-13-11-9-7-2/h8,10,12,14,16,18,20,22,24,26,38-39H,6-7,9,11,13,15,17,19,21,23,25,27-37H2,1-5H3/b10-8+,14-12+,18-16+,22-20+,26-24+. The molecule has 8 nitrogen and oxygen atoms in total. The molecule has 0 aromatic rings. The molecule has 0 aliphatic carbocycles. The number of allylic oxidation sites excluding steroid dienone is 10. The Labute approximate surface area is 305 Å². The highest BCUT2D eigenvalue weighted by Gasteiger charge is 2.25. The number of likely N-dealkylation sites (N-methyl/N-ethyl adjacent to an activating group) is 1. The Morgan fingerprint density at radius 2 is 1.12 bits per heavy atom. The van der Waals surface area contributed by atoms with Crippen molar-refractivity contribution in [2.75, 3.05) is 41.0 Å². The fourth-order valence-electron chi connectivity index (χ4n) is 5.28. The molecule has 0 N–H and O–H groups in total. The van der Waals surface area contributed by atoms with Crippen molar-refractivity contribution in [1.82, 2.24) is 0 Å². The molecule has 0 rings (SSSR count). The van der Waals surface area contributed by atoms with Crippen molar-refractivity contribution in [3.8, 4) is 0 Å². The van der Waals surface area contributed by atoms with Gasteiger partial charge in [0, 0.05) is 19.3 Å². The highest BCUT2D eigenvalue weighted by atomic mass is 16.6. The van der Waals surface area contributed by atoms with Crippen LogP contribution in [0.15, 0.2) is 60.8 Å². The minimum Gasteiger partial charge on any atom is -0.544 e. The second kappa shape index (κ2) is 33.2. The number of hydrogen-bond acceptors (Lipinski definition) is 7. The maximum atomic E-state index is 12.6. The van der Waals surface area contributed by atoms with Crippen molar-refractivity contribution in [2.24, 2.45) is 0 Å². The van der Waals surface area contributed by atoms with Gasteiger partial charge in [0.1, 0.15) is 12.6 Å². The van der Waals surface area contributed by atoms with Gasteiger partial charge in [-0.2, -0.15) is 0 Å². The van der Waals surface area contributed by atoms with E-state index >= 15 is 0 Å². The SMILES string of the molecule is CC/C=C/C=C/C=C/C=C/C=C/CCCC(=O)OCC(COCCC(C(=O)[O-])[N+](C)(C)C)OC(=O)CCCCCCCCCCCCCCC. The average molecular weight is 702 g/mol. The number of carboxylic acids is 1. The number of esters is 2. The van der Waals surface area contributed by atoms with Crippen LogP contribution in [-0.2, 0) is 28.6 Å². The van der Waals surface area contributed by atoms with Gasteiger partial charge in [-0.1, -0.05) is 152 Å². The van der Waals surface area contributed by atoms with E-state index < -0.39 is 18.1 Å². The molecule has 0 aromatic carbocycles. The van der Waals surface area contributed by atoms with Gasteiger partial charge >= 0.3 is 11.9 Å². The predicted molar refractivity (Wildman–Crippen MR) is 203 cm³/mol. The normalized spacial score (nSPS) is 13.7. The van der Waals surface area contributed by atoms with Crippen LogP contribution in [0.4, 0.5) is 0 Å². The van der Waals surface area contributed by atoms with Crippen LogP contribution in [0.3, 0.4) is 0 Å². The molecule has 0 bridgehead atoms. The van der Waals surface area contributed by atoms with E-state index in [1.807, 2.05) is 54.7 Å². The molecule has 0 saturated heterocycles. The van der Waals surface area contributed by atoms with Crippen molar-refractivity contribution in [2.45, 2.75) is 148 Å². The van der Waals surface area contributed by atoms with Crippen molar-refractivity contribution in [3.63, 3.8) is 0 Å². The van der Waals surface area contributed by atoms with E-state index in [9.17, 15) is 19.5 Å². The summed E-state index contributed by atoms with van der Waals surface area (Å²) >= 11 is 0. The first-order chi connectivity index (χ1) is 24.1. The van der Waals surface area contributed by atoms with Gasteiger partial charge in [-0.3, -0.25) is 9.59 Å². The molecule has 0 heterocycles. The van der Waals surface area contributed by atoms with Gasteiger partial charge in [-0.25, -0.2) is 0 Å². The number of ether oxygens (including phenoxy) is 3. The molecule has 2 unspecified atom stereocenters. The van der Waals surface area contributed by atoms with E-state index in [0.29, 0.717) is 12.8 Å². The summed E-state index contributed by atoms with van der Waals surface area (Å²) in [4.78, 5) is 36.6. The first-order valence-corrected chi connectivity index (χ1v) is 19.4. The summed E-state index contributed by atoms with van der Waals surface area (Å²) in [6.45, 7) is 4.41. The number of carbonyl (C=O) groups is 3. The average Bonchev–Trinajstić information content (AvgIpc) is 3.06. The Morgan fingerprint density at radius 3 is 1.64 bits per heavy atom. The number of nitrogens with zero attached hydrogens (tertiary/aromatic N) is 1. The quantitative estimate of drug-likeness (QED) is 0.0293. The number of aliphatic carboxylic acids is 1. The molecule has 0 radical (unpaired) electrons. The zero-order chi connectivity index (χ0) is 37.1. The molecular weight excluding hydrogens is 630 g/mol. The fourth-order valence-corrected chi connectivity index (χ4v) is 5.28. The van der Waals surface area contributed by atoms with Gasteiger partial charge in [0.15, 0.2) is 6.10 Å². The lowest BCUT2D eigenvalue weighted by molar-refractivity contribution is -0.889. The van der Waals surface area contributed by atoms with E-state index in [1.54, 1.807) is 21.1 Å². The summed E-state index contributed by atoms with van der Waals surface area (Å²) in [6.07, 6.45) is 38.2. The molecule has 0 spiro atoms. The van der Waals surface area contributed by atoms with E-state index in [1.165, 1.54) is 64.2 Å². The molecule has 286 valence electrons. The predicted octanol–water partition coefficient (Wildman–Crippen LogP) is 8.52. The molecule has 0 aliphatic rings. The van der Waals surface area contributed by atoms with Crippen LogP contribution in [-0.4, -0.2) is 75.5 Å². The van der Waals surface area contributed by atoms with Gasteiger partial charge < -0.3 is 28.6 Å². The molecule has 0 fully saturated rings. The van der Waals surface area contributed by atoms with Crippen LogP contribution < -0.4 is 5.11 Å². The van der Waals surface area contributed by atoms with Crippen LogP contribution in [0.25, 0.3) is 0 Å². The third-order valence-corrected chi connectivity index (χ3v) is 8.30. The number of unbranched alkanes of at least 4 members (excludes halogenated alkanes) is 13. The molecule has 2 atom stereocenters. The summed E-state index contributed by atoms with van der Waals surface area (Å²) < 4.78 is 17.0. The summed E-state index contributed by atoms with van der Waals surface area (Å²) in [7, 11) is 5.37. The molecule has 0 aromatic heterocycles. The minimum absolute atomic E-state index is 0.0171. The van der Waals surface area contributed by atoms with Gasteiger partial charge in [-0.15, -0.1) is 0 Å². The zero-order valence-electron chi connectivity index (χ0n) is 32.3. The minimum atomic E-state index is -1.14. The summed E-state index contributed by atoms with van der Waals surface area (Å²) in [5.74, 6) is -1.84. The topological polar surface area (TPSA) is 102 Å². The maximum Gasteiger partial charge on any atom is 0.306 e. The fraction of sp³-hybridized carbons (Fsp3) is 0.690. The molecule has 0 amide bonds. The zero-order valence-corrected chi connectivity index (χ0v) is 32.3. The summed E-state index contributed by atoms with van der Waals surface area (Å²) in [6, 6.07) is -0.736. The Bertz CT molecular complexity index is 1010. The Morgan fingerprint density at radius 1 is 0.620 bits per heavy atom. The van der Waals surface area contributed by atoms with E-state index in [0.717, 1.165) is 32.1 Å². The molecular formula is C42H71NO7. The Balaban J connectivity index is 4.54. The van der Waals surface area contributed by atoms with Crippen molar-refractivity contribution in [1.29, 1.82) is 0 Å². The monoisotopic (exact) mass is 702 g/mol. The largest absolute Gasteiger partial charge is 0.544 e. The second-order valence-corrected chi connectivity index (χ2v) is 13.9. The smallest absolute Gasteiger partial charge is 0.306 e. The number of carbonyl (C=O) groups excluding carboxylic acids is 3. The highest BCUT2D eigenvalue weighted by Crippen LogP contribution is 2.14. The number of hydrogen-bond donors (Lipinski definition) is 0. The van der Waals surface area contributed by atoms with Gasteiger partial charge in [0.2, 0.25) is 0 Å². The Hall–Kier alpha value is -2.97. The lowest BCUT2D eigenvalue weighted by Crippen LogP contribution is -2.55. The molecule has 0 aliphatic heterocycles. The van der Waals surface area contributed by atoms with Crippen LogP contribution >= 0.6 is 0 Å². The third kappa shape index (κ3) is 31.0. The Kier molecular flexibility index (Phi) is 31.2.